The SMILES string of the molecule is Cc1cc(C(=O)N[C@@H](C)C(=O)O)c(C)s1. The summed E-state index contributed by atoms with van der Waals surface area (Å²) >= 11 is 1.52. The molecule has 1 heterocycles. The summed E-state index contributed by atoms with van der Waals surface area (Å²) in [6.45, 7) is 5.20. The molecule has 1 aromatic heterocycles. The third-order valence-corrected chi connectivity index (χ3v) is 2.97. The van der Waals surface area contributed by atoms with Crippen LogP contribution in [0.5, 0.6) is 0 Å². The number of carboxylic acid groups (broad SMARTS) is 1. The van der Waals surface area contributed by atoms with Gasteiger partial charge < -0.3 is 10.4 Å². The predicted octanol–water partition coefficient (Wildman–Crippen LogP) is 1.57. The summed E-state index contributed by atoms with van der Waals surface area (Å²) in [6, 6.07) is 0.904. The van der Waals surface area contributed by atoms with Gasteiger partial charge in [-0.05, 0) is 26.8 Å². The first-order valence-electron chi connectivity index (χ1n) is 4.52. The topological polar surface area (TPSA) is 66.4 Å². The number of aliphatic carboxylic acids is 1. The molecule has 4 nitrogen and oxygen atoms in total. The van der Waals surface area contributed by atoms with E-state index < -0.39 is 12.0 Å². The molecule has 0 aliphatic carbocycles. The summed E-state index contributed by atoms with van der Waals surface area (Å²) in [5, 5.41) is 11.1. The van der Waals surface area contributed by atoms with Crippen LogP contribution in [0.2, 0.25) is 0 Å². The van der Waals surface area contributed by atoms with Gasteiger partial charge in [0, 0.05) is 9.75 Å². The van der Waals surface area contributed by atoms with Crippen LogP contribution >= 0.6 is 11.3 Å². The van der Waals surface area contributed by atoms with Crippen LogP contribution in [0.15, 0.2) is 6.07 Å². The fourth-order valence-corrected chi connectivity index (χ4v) is 2.11. The summed E-state index contributed by atoms with van der Waals surface area (Å²) in [5.74, 6) is -1.36. The smallest absolute Gasteiger partial charge is 0.325 e. The zero-order valence-corrected chi connectivity index (χ0v) is 9.64. The highest BCUT2D eigenvalue weighted by Gasteiger charge is 2.17. The number of carboxylic acids is 1. The highest BCUT2D eigenvalue weighted by atomic mass is 32.1. The number of carbonyl (C=O) groups excluding carboxylic acids is 1. The van der Waals surface area contributed by atoms with Crippen LogP contribution in [0, 0.1) is 13.8 Å². The van der Waals surface area contributed by atoms with Gasteiger partial charge in [-0.25, -0.2) is 0 Å². The van der Waals surface area contributed by atoms with Crippen LogP contribution in [0.1, 0.15) is 27.0 Å². The highest BCUT2D eigenvalue weighted by molar-refractivity contribution is 7.12. The van der Waals surface area contributed by atoms with Crippen molar-refractivity contribution in [1.82, 2.24) is 5.32 Å². The molecule has 1 amide bonds. The lowest BCUT2D eigenvalue weighted by Crippen LogP contribution is -2.38. The van der Waals surface area contributed by atoms with Gasteiger partial charge in [0.05, 0.1) is 5.56 Å². The quantitative estimate of drug-likeness (QED) is 0.823. The van der Waals surface area contributed by atoms with E-state index in [0.29, 0.717) is 5.56 Å². The molecule has 0 unspecified atom stereocenters. The number of amides is 1. The summed E-state index contributed by atoms with van der Waals surface area (Å²) in [4.78, 5) is 24.1. The first kappa shape index (κ1) is 11.7. The van der Waals surface area contributed by atoms with Crippen LogP contribution < -0.4 is 5.32 Å². The maximum Gasteiger partial charge on any atom is 0.325 e. The second-order valence-electron chi connectivity index (χ2n) is 3.36. The standard InChI is InChI=1S/C10H13NO3S/c1-5-4-8(7(3)15-5)9(12)11-6(2)10(13)14/h4,6H,1-3H3,(H,11,12)(H,13,14)/t6-/m0/s1. The van der Waals surface area contributed by atoms with E-state index in [-0.39, 0.29) is 5.91 Å². The lowest BCUT2D eigenvalue weighted by Gasteiger charge is -2.08. The van der Waals surface area contributed by atoms with Crippen molar-refractivity contribution in [3.05, 3.63) is 21.4 Å². The minimum absolute atomic E-state index is 0.327. The third kappa shape index (κ3) is 2.79. The molecule has 2 N–H and O–H groups in total. The Bertz CT molecular complexity index is 397. The van der Waals surface area contributed by atoms with Gasteiger partial charge in [0.2, 0.25) is 0 Å². The molecule has 0 aliphatic heterocycles. The summed E-state index contributed by atoms with van der Waals surface area (Å²) in [7, 11) is 0. The van der Waals surface area contributed by atoms with E-state index in [1.54, 1.807) is 6.07 Å². The van der Waals surface area contributed by atoms with Gasteiger partial charge in [-0.15, -0.1) is 11.3 Å². The summed E-state index contributed by atoms with van der Waals surface area (Å²) in [6.07, 6.45) is 0. The number of hydrogen-bond acceptors (Lipinski definition) is 3. The van der Waals surface area contributed by atoms with E-state index in [1.165, 1.54) is 18.3 Å². The van der Waals surface area contributed by atoms with Gasteiger partial charge in [0.25, 0.3) is 5.91 Å². The lowest BCUT2D eigenvalue weighted by atomic mass is 10.2. The second-order valence-corrected chi connectivity index (χ2v) is 4.82. The van der Waals surface area contributed by atoms with Crippen molar-refractivity contribution in [3.8, 4) is 0 Å². The van der Waals surface area contributed by atoms with E-state index in [0.717, 1.165) is 9.75 Å². The fraction of sp³-hybridized carbons (Fsp3) is 0.400. The Balaban J connectivity index is 2.77. The van der Waals surface area contributed by atoms with Crippen molar-refractivity contribution >= 4 is 23.2 Å². The van der Waals surface area contributed by atoms with Crippen molar-refractivity contribution in [3.63, 3.8) is 0 Å². The van der Waals surface area contributed by atoms with Gasteiger partial charge >= 0.3 is 5.97 Å². The van der Waals surface area contributed by atoms with Crippen LogP contribution in [0.25, 0.3) is 0 Å². The van der Waals surface area contributed by atoms with Crippen LogP contribution in [0.4, 0.5) is 0 Å². The van der Waals surface area contributed by atoms with Crippen molar-refractivity contribution in [2.45, 2.75) is 26.8 Å². The third-order valence-electron chi connectivity index (χ3n) is 2.00. The number of rotatable bonds is 3. The molecule has 0 saturated carbocycles. The van der Waals surface area contributed by atoms with Crippen LogP contribution in [-0.2, 0) is 4.79 Å². The molecule has 82 valence electrons. The van der Waals surface area contributed by atoms with E-state index in [2.05, 4.69) is 5.32 Å². The average molecular weight is 227 g/mol. The first-order chi connectivity index (χ1) is 6.91. The predicted molar refractivity (Wildman–Crippen MR) is 58.4 cm³/mol. The Kier molecular flexibility index (Phi) is 3.47. The Hall–Kier alpha value is -1.36. The van der Waals surface area contributed by atoms with Gasteiger partial charge in [-0.1, -0.05) is 0 Å². The number of carbonyl (C=O) groups is 2. The zero-order chi connectivity index (χ0) is 11.6. The van der Waals surface area contributed by atoms with Crippen LogP contribution in [0.3, 0.4) is 0 Å². The molecule has 0 saturated heterocycles. The molecule has 0 bridgehead atoms. The van der Waals surface area contributed by atoms with Gasteiger partial charge in [-0.3, -0.25) is 9.59 Å². The Labute approximate surface area is 91.9 Å². The van der Waals surface area contributed by atoms with Gasteiger partial charge in [-0.2, -0.15) is 0 Å². The van der Waals surface area contributed by atoms with E-state index >= 15 is 0 Å². The molecule has 1 aromatic rings. The zero-order valence-electron chi connectivity index (χ0n) is 8.83. The van der Waals surface area contributed by atoms with Gasteiger partial charge in [0.1, 0.15) is 6.04 Å². The lowest BCUT2D eigenvalue weighted by molar-refractivity contribution is -0.138. The number of hydrogen-bond donors (Lipinski definition) is 2. The molecule has 0 aromatic carbocycles. The number of thiophene rings is 1. The van der Waals surface area contributed by atoms with Crippen molar-refractivity contribution in [2.75, 3.05) is 0 Å². The van der Waals surface area contributed by atoms with E-state index in [1.807, 2.05) is 13.8 Å². The number of nitrogens with one attached hydrogen (secondary N) is 1. The Morgan fingerprint density at radius 1 is 1.47 bits per heavy atom. The normalized spacial score (nSPS) is 12.2. The monoisotopic (exact) mass is 227 g/mol. The maximum atomic E-state index is 11.6. The van der Waals surface area contributed by atoms with Crippen molar-refractivity contribution < 1.29 is 14.7 Å². The molecule has 0 spiro atoms. The Morgan fingerprint density at radius 2 is 2.07 bits per heavy atom. The first-order valence-corrected chi connectivity index (χ1v) is 5.34. The largest absolute Gasteiger partial charge is 0.480 e. The maximum absolute atomic E-state index is 11.6. The van der Waals surface area contributed by atoms with Crippen molar-refractivity contribution in [2.24, 2.45) is 0 Å². The van der Waals surface area contributed by atoms with E-state index in [9.17, 15) is 9.59 Å². The summed E-state index contributed by atoms with van der Waals surface area (Å²) < 4.78 is 0. The summed E-state index contributed by atoms with van der Waals surface area (Å²) in [5.41, 5.74) is 0.561. The van der Waals surface area contributed by atoms with Crippen LogP contribution in [-0.4, -0.2) is 23.0 Å². The minimum atomic E-state index is -1.03. The molecule has 0 aliphatic rings. The van der Waals surface area contributed by atoms with Crippen molar-refractivity contribution in [1.29, 1.82) is 0 Å². The molecule has 0 radical (unpaired) electrons. The minimum Gasteiger partial charge on any atom is -0.480 e. The molecule has 0 fully saturated rings. The highest BCUT2D eigenvalue weighted by Crippen LogP contribution is 2.20. The number of aryl methyl sites for hydroxylation is 2. The molecule has 1 atom stereocenters. The molecule has 5 heteroatoms. The average Bonchev–Trinajstić information content (AvgIpc) is 2.44. The van der Waals surface area contributed by atoms with E-state index in [4.69, 9.17) is 5.11 Å². The molecular formula is C10H13NO3S. The molecular weight excluding hydrogens is 214 g/mol. The Morgan fingerprint density at radius 3 is 2.47 bits per heavy atom. The molecule has 1 rings (SSSR count). The molecule has 15 heavy (non-hydrogen) atoms. The fourth-order valence-electron chi connectivity index (χ4n) is 1.19. The second kappa shape index (κ2) is 4.44. The van der Waals surface area contributed by atoms with Gasteiger partial charge in [0.15, 0.2) is 0 Å².